The van der Waals surface area contributed by atoms with Gasteiger partial charge in [0.1, 0.15) is 0 Å². The van der Waals surface area contributed by atoms with Crippen LogP contribution >= 0.6 is 0 Å². The van der Waals surface area contributed by atoms with Gasteiger partial charge in [0.15, 0.2) is 0 Å². The van der Waals surface area contributed by atoms with Crippen molar-refractivity contribution in [1.82, 2.24) is 9.78 Å². The summed E-state index contributed by atoms with van der Waals surface area (Å²) in [5.74, 6) is 0. The Balaban J connectivity index is 1.87. The molecule has 1 aromatic heterocycles. The fourth-order valence-electron chi connectivity index (χ4n) is 2.62. The van der Waals surface area contributed by atoms with Gasteiger partial charge in [0.05, 0.1) is 11.7 Å². The molecule has 1 saturated carbocycles. The van der Waals surface area contributed by atoms with Crippen molar-refractivity contribution in [2.45, 2.75) is 71.4 Å². The van der Waals surface area contributed by atoms with Gasteiger partial charge in [-0.2, -0.15) is 5.10 Å². The molecule has 1 aromatic rings. The molecule has 0 amide bonds. The van der Waals surface area contributed by atoms with Gasteiger partial charge in [-0.05, 0) is 37.2 Å². The van der Waals surface area contributed by atoms with Crippen molar-refractivity contribution in [3.63, 3.8) is 0 Å². The summed E-state index contributed by atoms with van der Waals surface area (Å²) >= 11 is 0. The summed E-state index contributed by atoms with van der Waals surface area (Å²) in [6, 6.07) is 3.05. The van der Waals surface area contributed by atoms with Crippen molar-refractivity contribution in [3.8, 4) is 0 Å². The molecule has 1 heterocycles. The van der Waals surface area contributed by atoms with Crippen molar-refractivity contribution in [2.75, 3.05) is 0 Å². The van der Waals surface area contributed by atoms with Crippen LogP contribution in [-0.4, -0.2) is 15.8 Å². The number of nitrogens with two attached hydrogens (primary N) is 1. The Morgan fingerprint density at radius 2 is 2.06 bits per heavy atom. The van der Waals surface area contributed by atoms with Crippen LogP contribution < -0.4 is 5.73 Å². The van der Waals surface area contributed by atoms with Crippen LogP contribution in [0.2, 0.25) is 0 Å². The summed E-state index contributed by atoms with van der Waals surface area (Å²) < 4.78 is 2.17. The fraction of sp³-hybridized carbons (Fsp3) is 0.800. The van der Waals surface area contributed by atoms with E-state index in [4.69, 9.17) is 10.8 Å². The third-order valence-electron chi connectivity index (χ3n) is 4.19. The third-order valence-corrected chi connectivity index (χ3v) is 4.19. The molecule has 0 aliphatic heterocycles. The minimum absolute atomic E-state index is 0.189. The van der Waals surface area contributed by atoms with Gasteiger partial charge >= 0.3 is 0 Å². The molecular formula is C15H27N3. The Kier molecular flexibility index (Phi) is 4.10. The molecule has 0 spiro atoms. The lowest BCUT2D eigenvalue weighted by atomic mass is 9.84. The van der Waals surface area contributed by atoms with E-state index < -0.39 is 0 Å². The van der Waals surface area contributed by atoms with E-state index in [0.717, 1.165) is 12.8 Å². The summed E-state index contributed by atoms with van der Waals surface area (Å²) in [5.41, 5.74) is 7.58. The second-order valence-corrected chi connectivity index (χ2v) is 6.74. The van der Waals surface area contributed by atoms with Gasteiger partial charge in [-0.15, -0.1) is 0 Å². The fourth-order valence-corrected chi connectivity index (χ4v) is 2.62. The maximum atomic E-state index is 6.19. The normalized spacial score (nSPS) is 19.3. The molecule has 18 heavy (non-hydrogen) atoms. The number of aromatic nitrogens is 2. The predicted molar refractivity (Wildman–Crippen MR) is 75.5 cm³/mol. The quantitative estimate of drug-likeness (QED) is 0.889. The highest BCUT2D eigenvalue weighted by Gasteiger charge is 2.21. The van der Waals surface area contributed by atoms with Crippen LogP contribution in [0.15, 0.2) is 12.3 Å². The summed E-state index contributed by atoms with van der Waals surface area (Å²) in [5, 5.41) is 4.71. The van der Waals surface area contributed by atoms with Crippen molar-refractivity contribution in [1.29, 1.82) is 0 Å². The molecule has 0 saturated heterocycles. The maximum absolute atomic E-state index is 6.19. The molecule has 1 aliphatic rings. The van der Waals surface area contributed by atoms with Gasteiger partial charge in [0.25, 0.3) is 0 Å². The van der Waals surface area contributed by atoms with Crippen molar-refractivity contribution < 1.29 is 0 Å². The molecule has 0 aromatic carbocycles. The van der Waals surface area contributed by atoms with Crippen molar-refractivity contribution in [2.24, 2.45) is 11.1 Å². The zero-order valence-electron chi connectivity index (χ0n) is 12.0. The lowest BCUT2D eigenvalue weighted by Gasteiger charge is -2.26. The molecule has 2 rings (SSSR count). The Hall–Kier alpha value is -0.830. The van der Waals surface area contributed by atoms with E-state index in [1.165, 1.54) is 31.4 Å². The molecule has 1 aliphatic carbocycles. The van der Waals surface area contributed by atoms with Crippen LogP contribution in [0.5, 0.6) is 0 Å². The van der Waals surface area contributed by atoms with E-state index in [1.807, 2.05) is 0 Å². The highest BCUT2D eigenvalue weighted by Crippen LogP contribution is 2.29. The maximum Gasteiger partial charge on any atom is 0.0625 e. The predicted octanol–water partition coefficient (Wildman–Crippen LogP) is 3.30. The first-order chi connectivity index (χ1) is 8.47. The topological polar surface area (TPSA) is 43.8 Å². The summed E-state index contributed by atoms with van der Waals surface area (Å²) in [7, 11) is 0. The van der Waals surface area contributed by atoms with E-state index in [1.54, 1.807) is 0 Å². The van der Waals surface area contributed by atoms with Gasteiger partial charge < -0.3 is 5.73 Å². The third kappa shape index (κ3) is 3.35. The molecule has 1 fully saturated rings. The minimum Gasteiger partial charge on any atom is -0.327 e. The number of hydrogen-bond donors (Lipinski definition) is 1. The van der Waals surface area contributed by atoms with Crippen LogP contribution in [0.4, 0.5) is 0 Å². The first-order valence-electron chi connectivity index (χ1n) is 7.26. The molecular weight excluding hydrogens is 222 g/mol. The van der Waals surface area contributed by atoms with Gasteiger partial charge in [-0.1, -0.05) is 33.6 Å². The van der Waals surface area contributed by atoms with E-state index >= 15 is 0 Å². The average molecular weight is 249 g/mol. The standard InChI is InChI=1S/C15H27N3/c1-15(2,3)14(16)9-8-12-10-11-18(17-12)13-6-4-5-7-13/h10-11,13-14H,4-9,16H2,1-3H3. The molecule has 102 valence electrons. The van der Waals surface area contributed by atoms with Gasteiger partial charge in [0, 0.05) is 12.2 Å². The molecule has 2 N–H and O–H groups in total. The van der Waals surface area contributed by atoms with Crippen LogP contribution in [-0.2, 0) is 6.42 Å². The molecule has 1 unspecified atom stereocenters. The van der Waals surface area contributed by atoms with E-state index in [2.05, 4.69) is 37.7 Å². The zero-order chi connectivity index (χ0) is 13.2. The summed E-state index contributed by atoms with van der Waals surface area (Å²) in [4.78, 5) is 0. The zero-order valence-corrected chi connectivity index (χ0v) is 12.0. The van der Waals surface area contributed by atoms with Gasteiger partial charge in [-0.25, -0.2) is 0 Å². The highest BCUT2D eigenvalue weighted by atomic mass is 15.3. The molecule has 0 bridgehead atoms. The summed E-state index contributed by atoms with van der Waals surface area (Å²) in [6.45, 7) is 6.61. The van der Waals surface area contributed by atoms with Crippen LogP contribution in [0.1, 0.15) is 64.6 Å². The van der Waals surface area contributed by atoms with E-state index in [9.17, 15) is 0 Å². The van der Waals surface area contributed by atoms with E-state index in [-0.39, 0.29) is 11.5 Å². The molecule has 3 nitrogen and oxygen atoms in total. The van der Waals surface area contributed by atoms with Crippen LogP contribution in [0.25, 0.3) is 0 Å². The minimum atomic E-state index is 0.189. The van der Waals surface area contributed by atoms with Crippen LogP contribution in [0.3, 0.4) is 0 Å². The van der Waals surface area contributed by atoms with Crippen LogP contribution in [0, 0.1) is 5.41 Å². The second kappa shape index (κ2) is 5.43. The number of aryl methyl sites for hydroxylation is 1. The second-order valence-electron chi connectivity index (χ2n) is 6.74. The number of hydrogen-bond acceptors (Lipinski definition) is 2. The Morgan fingerprint density at radius 1 is 1.39 bits per heavy atom. The summed E-state index contributed by atoms with van der Waals surface area (Å²) in [6.07, 6.45) is 9.46. The Bertz CT molecular complexity index is 369. The first kappa shape index (κ1) is 13.6. The van der Waals surface area contributed by atoms with Crippen molar-refractivity contribution in [3.05, 3.63) is 18.0 Å². The SMILES string of the molecule is CC(C)(C)C(N)CCc1ccn(C2CCCC2)n1. The smallest absolute Gasteiger partial charge is 0.0625 e. The van der Waals surface area contributed by atoms with Gasteiger partial charge in [0.2, 0.25) is 0 Å². The number of nitrogens with zero attached hydrogens (tertiary/aromatic N) is 2. The molecule has 0 radical (unpaired) electrons. The Morgan fingerprint density at radius 3 is 2.67 bits per heavy atom. The number of rotatable bonds is 4. The van der Waals surface area contributed by atoms with E-state index in [0.29, 0.717) is 6.04 Å². The monoisotopic (exact) mass is 249 g/mol. The highest BCUT2D eigenvalue weighted by molar-refractivity contribution is 5.01. The van der Waals surface area contributed by atoms with Gasteiger partial charge in [-0.3, -0.25) is 4.68 Å². The molecule has 1 atom stereocenters. The largest absolute Gasteiger partial charge is 0.327 e. The molecule has 3 heteroatoms. The lowest BCUT2D eigenvalue weighted by molar-refractivity contribution is 0.305. The average Bonchev–Trinajstić information content (AvgIpc) is 2.94. The Labute approximate surface area is 111 Å². The first-order valence-corrected chi connectivity index (χ1v) is 7.26. The lowest BCUT2D eigenvalue weighted by Crippen LogP contribution is -2.35. The van der Waals surface area contributed by atoms with Crippen molar-refractivity contribution >= 4 is 0 Å².